The molecule has 0 aromatic heterocycles. The number of rotatable bonds is 12. The number of anilines is 2. The standard InChI is InChI=1S/C38H31ClN2O6S2/c1-48(42,43)41(32-19-12-28(13-20-32)29-14-21-35(22-15-29)46-33-8-4-2-5-9-33)27-49(44,45)40-38-25-18-31(26-37(38)39)30-16-23-36(24-17-30)47-34-10-6-3-7-11-34/h2-26,40H,27H2,1H3. The molecule has 0 saturated heterocycles. The Balaban J connectivity index is 1.13. The van der Waals surface area contributed by atoms with E-state index in [0.29, 0.717) is 11.5 Å². The summed E-state index contributed by atoms with van der Waals surface area (Å²) >= 11 is 6.50. The molecule has 0 aliphatic heterocycles. The summed E-state index contributed by atoms with van der Waals surface area (Å²) < 4.78 is 67.1. The first-order valence-electron chi connectivity index (χ1n) is 15.1. The molecule has 0 spiro atoms. The van der Waals surface area contributed by atoms with Crippen molar-refractivity contribution in [2.45, 2.75) is 0 Å². The van der Waals surface area contributed by atoms with E-state index >= 15 is 0 Å². The summed E-state index contributed by atoms with van der Waals surface area (Å²) in [6.45, 7) is 0. The van der Waals surface area contributed by atoms with Gasteiger partial charge in [-0.2, -0.15) is 0 Å². The first kappa shape index (κ1) is 33.6. The normalized spacial score (nSPS) is 11.5. The lowest BCUT2D eigenvalue weighted by Gasteiger charge is -2.23. The second kappa shape index (κ2) is 14.4. The van der Waals surface area contributed by atoms with Crippen molar-refractivity contribution in [1.29, 1.82) is 0 Å². The summed E-state index contributed by atoms with van der Waals surface area (Å²) in [6.07, 6.45) is 0.958. The second-order valence-corrected chi connectivity index (χ2v) is 15.1. The smallest absolute Gasteiger partial charge is 0.252 e. The zero-order chi connectivity index (χ0) is 34.4. The molecule has 0 aliphatic carbocycles. The van der Waals surface area contributed by atoms with Crippen molar-refractivity contribution in [3.63, 3.8) is 0 Å². The maximum atomic E-state index is 13.3. The molecule has 0 radical (unpaired) electrons. The van der Waals surface area contributed by atoms with Crippen LogP contribution in [-0.2, 0) is 20.0 Å². The molecule has 49 heavy (non-hydrogen) atoms. The van der Waals surface area contributed by atoms with E-state index < -0.39 is 25.9 Å². The van der Waals surface area contributed by atoms with Crippen molar-refractivity contribution in [1.82, 2.24) is 0 Å². The van der Waals surface area contributed by atoms with E-state index in [0.717, 1.165) is 44.3 Å². The topological polar surface area (TPSA) is 102 Å². The molecule has 0 heterocycles. The first-order valence-corrected chi connectivity index (χ1v) is 18.9. The van der Waals surface area contributed by atoms with Crippen LogP contribution in [0.1, 0.15) is 0 Å². The van der Waals surface area contributed by atoms with E-state index in [1.807, 2.05) is 109 Å². The van der Waals surface area contributed by atoms with Gasteiger partial charge in [-0.1, -0.05) is 90.5 Å². The Labute approximate surface area is 291 Å². The van der Waals surface area contributed by atoms with Crippen LogP contribution >= 0.6 is 11.6 Å². The summed E-state index contributed by atoms with van der Waals surface area (Å²) in [6, 6.07) is 45.2. The van der Waals surface area contributed by atoms with Crippen LogP contribution < -0.4 is 18.5 Å². The van der Waals surface area contributed by atoms with Crippen LogP contribution in [0.2, 0.25) is 5.02 Å². The fourth-order valence-electron chi connectivity index (χ4n) is 4.99. The number of hydrogen-bond donors (Lipinski definition) is 1. The molecule has 0 bridgehead atoms. The molecule has 0 unspecified atom stereocenters. The Morgan fingerprint density at radius 1 is 0.551 bits per heavy atom. The Morgan fingerprint density at radius 2 is 0.959 bits per heavy atom. The zero-order valence-electron chi connectivity index (χ0n) is 26.2. The number of para-hydroxylation sites is 2. The van der Waals surface area contributed by atoms with Gasteiger partial charge in [0.2, 0.25) is 10.0 Å². The molecule has 6 aromatic carbocycles. The Morgan fingerprint density at radius 3 is 1.41 bits per heavy atom. The summed E-state index contributed by atoms with van der Waals surface area (Å²) in [7, 11) is -8.19. The summed E-state index contributed by atoms with van der Waals surface area (Å²) in [5.74, 6) is 1.93. The third-order valence-corrected chi connectivity index (χ3v) is 10.2. The second-order valence-electron chi connectivity index (χ2n) is 11.1. The van der Waals surface area contributed by atoms with Gasteiger partial charge in [0.25, 0.3) is 10.0 Å². The number of ether oxygens (including phenoxy) is 2. The van der Waals surface area contributed by atoms with Crippen LogP contribution in [-0.4, -0.2) is 29.0 Å². The number of sulfonamides is 2. The van der Waals surface area contributed by atoms with Gasteiger partial charge in [-0.25, -0.2) is 16.8 Å². The maximum absolute atomic E-state index is 13.3. The van der Waals surface area contributed by atoms with E-state index in [2.05, 4.69) is 4.72 Å². The lowest BCUT2D eigenvalue weighted by atomic mass is 10.1. The van der Waals surface area contributed by atoms with Gasteiger partial charge in [-0.15, -0.1) is 0 Å². The average molecular weight is 711 g/mol. The van der Waals surface area contributed by atoms with Crippen LogP contribution in [0, 0.1) is 0 Å². The predicted molar refractivity (Wildman–Crippen MR) is 197 cm³/mol. The highest BCUT2D eigenvalue weighted by molar-refractivity contribution is 7.96. The molecular weight excluding hydrogens is 680 g/mol. The van der Waals surface area contributed by atoms with Gasteiger partial charge in [-0.3, -0.25) is 9.03 Å². The number of nitrogens with one attached hydrogen (secondary N) is 1. The Bertz CT molecular complexity index is 2250. The quantitative estimate of drug-likeness (QED) is 0.136. The molecule has 1 N–H and O–H groups in total. The molecule has 248 valence electrons. The Hall–Kier alpha value is -5.29. The van der Waals surface area contributed by atoms with Crippen LogP contribution in [0.4, 0.5) is 11.4 Å². The minimum atomic E-state index is -4.21. The monoisotopic (exact) mass is 710 g/mol. The van der Waals surface area contributed by atoms with Crippen molar-refractivity contribution in [2.24, 2.45) is 0 Å². The van der Waals surface area contributed by atoms with Gasteiger partial charge < -0.3 is 9.47 Å². The number of nitrogens with zero attached hydrogens (tertiary/aromatic N) is 1. The summed E-state index contributed by atoms with van der Waals surface area (Å²) in [5, 5.41) is 0.154. The van der Waals surface area contributed by atoms with Crippen LogP contribution in [0.5, 0.6) is 23.0 Å². The molecule has 0 atom stereocenters. The SMILES string of the molecule is CS(=O)(=O)N(CS(=O)(=O)Nc1ccc(-c2ccc(Oc3ccccc3)cc2)cc1Cl)c1ccc(-c2ccc(Oc3ccccc3)cc2)cc1. The van der Waals surface area contributed by atoms with Crippen LogP contribution in [0.25, 0.3) is 22.3 Å². The maximum Gasteiger partial charge on any atom is 0.252 e. The van der Waals surface area contributed by atoms with Gasteiger partial charge in [0, 0.05) is 0 Å². The lowest BCUT2D eigenvalue weighted by molar-refractivity contribution is 0.482. The van der Waals surface area contributed by atoms with Crippen molar-refractivity contribution in [3.8, 4) is 45.3 Å². The van der Waals surface area contributed by atoms with E-state index in [1.54, 1.807) is 42.5 Å². The molecule has 0 fully saturated rings. The molecule has 6 rings (SSSR count). The largest absolute Gasteiger partial charge is 0.457 e. The Kier molecular flexibility index (Phi) is 9.91. The minimum Gasteiger partial charge on any atom is -0.457 e. The fourth-order valence-corrected chi connectivity index (χ4v) is 8.00. The summed E-state index contributed by atoms with van der Waals surface area (Å²) in [4.78, 5) is 0. The predicted octanol–water partition coefficient (Wildman–Crippen LogP) is 9.42. The third-order valence-electron chi connectivity index (χ3n) is 7.41. The molecule has 11 heteroatoms. The number of halogens is 1. The van der Waals surface area contributed by atoms with Crippen molar-refractivity contribution >= 4 is 43.0 Å². The lowest BCUT2D eigenvalue weighted by Crippen LogP contribution is -2.37. The van der Waals surface area contributed by atoms with E-state index in [-0.39, 0.29) is 16.4 Å². The van der Waals surface area contributed by atoms with E-state index in [4.69, 9.17) is 21.1 Å². The first-order chi connectivity index (χ1) is 23.5. The minimum absolute atomic E-state index is 0.123. The van der Waals surface area contributed by atoms with Gasteiger partial charge >= 0.3 is 0 Å². The molecule has 0 aliphatic rings. The fraction of sp³-hybridized carbons (Fsp3) is 0.0526. The highest BCUT2D eigenvalue weighted by atomic mass is 35.5. The van der Waals surface area contributed by atoms with Crippen molar-refractivity contribution in [2.75, 3.05) is 21.2 Å². The van der Waals surface area contributed by atoms with Gasteiger partial charge in [0.15, 0.2) is 5.88 Å². The molecule has 6 aromatic rings. The van der Waals surface area contributed by atoms with E-state index in [9.17, 15) is 16.8 Å². The molecule has 0 saturated carbocycles. The molecule has 0 amide bonds. The molecule has 8 nitrogen and oxygen atoms in total. The average Bonchev–Trinajstić information content (AvgIpc) is 3.09. The summed E-state index contributed by atoms with van der Waals surface area (Å²) in [5.41, 5.74) is 3.62. The highest BCUT2D eigenvalue weighted by Gasteiger charge is 2.25. The van der Waals surface area contributed by atoms with Gasteiger partial charge in [-0.05, 0) is 95.1 Å². The van der Waals surface area contributed by atoms with Gasteiger partial charge in [0.05, 0.1) is 22.7 Å². The number of hydrogen-bond acceptors (Lipinski definition) is 6. The third kappa shape index (κ3) is 8.80. The van der Waals surface area contributed by atoms with Crippen molar-refractivity contribution in [3.05, 3.63) is 157 Å². The zero-order valence-corrected chi connectivity index (χ0v) is 28.6. The van der Waals surface area contributed by atoms with Crippen LogP contribution in [0.15, 0.2) is 152 Å². The number of benzene rings is 6. The van der Waals surface area contributed by atoms with Gasteiger partial charge in [0.1, 0.15) is 23.0 Å². The van der Waals surface area contributed by atoms with Crippen molar-refractivity contribution < 1.29 is 26.3 Å². The highest BCUT2D eigenvalue weighted by Crippen LogP contribution is 2.32. The van der Waals surface area contributed by atoms with E-state index in [1.165, 1.54) is 0 Å². The molecular formula is C38H31ClN2O6S2. The van der Waals surface area contributed by atoms with Crippen LogP contribution in [0.3, 0.4) is 0 Å².